The molecular weight excluding hydrogens is 244 g/mol. The molecule has 0 radical (unpaired) electrons. The van der Waals surface area contributed by atoms with E-state index in [1.165, 1.54) is 41.9 Å². The normalized spacial score (nSPS) is 20.8. The van der Waals surface area contributed by atoms with E-state index in [2.05, 4.69) is 65.3 Å². The number of nitrogens with zero attached hydrogens (tertiary/aromatic N) is 2. The molecule has 4 rings (SSSR count). The Kier molecular flexibility index (Phi) is 2.69. The molecule has 2 aliphatic heterocycles. The van der Waals surface area contributed by atoms with E-state index < -0.39 is 0 Å². The Hall–Kier alpha value is -1.96. The molecule has 0 spiro atoms. The zero-order valence-electron chi connectivity index (χ0n) is 11.9. The third kappa shape index (κ3) is 1.79. The molecule has 0 saturated carbocycles. The highest BCUT2D eigenvalue weighted by atomic mass is 15.4. The van der Waals surface area contributed by atoms with Gasteiger partial charge in [0, 0.05) is 24.5 Å². The largest absolute Gasteiger partial charge is 0.351 e. The van der Waals surface area contributed by atoms with E-state index in [-0.39, 0.29) is 0 Å². The second-order valence-corrected chi connectivity index (χ2v) is 5.91. The van der Waals surface area contributed by atoms with Crippen molar-refractivity contribution in [3.05, 3.63) is 59.7 Å². The Balaban J connectivity index is 1.79. The minimum atomic E-state index is 0.534. The molecular formula is C18H20N2. The summed E-state index contributed by atoms with van der Waals surface area (Å²) >= 11 is 0. The van der Waals surface area contributed by atoms with Crippen molar-refractivity contribution < 1.29 is 0 Å². The van der Waals surface area contributed by atoms with Gasteiger partial charge in [0.1, 0.15) is 6.17 Å². The molecule has 0 aromatic heterocycles. The number of rotatable bonds is 1. The molecule has 0 N–H and O–H groups in total. The lowest BCUT2D eigenvalue weighted by Gasteiger charge is -2.43. The van der Waals surface area contributed by atoms with Crippen molar-refractivity contribution in [3.8, 4) is 0 Å². The Morgan fingerprint density at radius 2 is 1.90 bits per heavy atom. The smallest absolute Gasteiger partial charge is 0.102 e. The van der Waals surface area contributed by atoms with Crippen molar-refractivity contribution in [1.29, 1.82) is 0 Å². The van der Waals surface area contributed by atoms with Gasteiger partial charge in [-0.15, -0.1) is 0 Å². The fourth-order valence-corrected chi connectivity index (χ4v) is 3.64. The SMILES string of the molecule is Cc1cccc(N2Cc3ccccc3N3CCCC23)c1. The molecule has 102 valence electrons. The van der Waals surface area contributed by atoms with Gasteiger partial charge in [-0.3, -0.25) is 0 Å². The summed E-state index contributed by atoms with van der Waals surface area (Å²) < 4.78 is 0. The van der Waals surface area contributed by atoms with Crippen LogP contribution in [-0.2, 0) is 6.54 Å². The summed E-state index contributed by atoms with van der Waals surface area (Å²) in [6.07, 6.45) is 3.09. The summed E-state index contributed by atoms with van der Waals surface area (Å²) in [5.74, 6) is 0. The Morgan fingerprint density at radius 1 is 1.00 bits per heavy atom. The Morgan fingerprint density at radius 3 is 2.80 bits per heavy atom. The lowest BCUT2D eigenvalue weighted by molar-refractivity contribution is 0.581. The molecule has 1 saturated heterocycles. The van der Waals surface area contributed by atoms with E-state index in [0.29, 0.717) is 6.17 Å². The molecule has 1 unspecified atom stereocenters. The van der Waals surface area contributed by atoms with Gasteiger partial charge in [-0.1, -0.05) is 30.3 Å². The Labute approximate surface area is 120 Å². The van der Waals surface area contributed by atoms with Crippen LogP contribution < -0.4 is 9.80 Å². The zero-order chi connectivity index (χ0) is 13.5. The molecule has 2 aromatic carbocycles. The zero-order valence-corrected chi connectivity index (χ0v) is 11.9. The molecule has 20 heavy (non-hydrogen) atoms. The number of benzene rings is 2. The van der Waals surface area contributed by atoms with E-state index in [1.54, 1.807) is 0 Å². The minimum absolute atomic E-state index is 0.534. The number of fused-ring (bicyclic) bond motifs is 3. The Bertz CT molecular complexity index is 635. The van der Waals surface area contributed by atoms with Crippen LogP contribution in [0, 0.1) is 6.92 Å². The van der Waals surface area contributed by atoms with Gasteiger partial charge in [-0.05, 0) is 49.1 Å². The quantitative estimate of drug-likeness (QED) is 0.769. The fraction of sp³-hybridized carbons (Fsp3) is 0.333. The van der Waals surface area contributed by atoms with Crippen LogP contribution in [0.4, 0.5) is 11.4 Å². The number of hydrogen-bond donors (Lipinski definition) is 0. The molecule has 0 aliphatic carbocycles. The first kappa shape index (κ1) is 11.8. The monoisotopic (exact) mass is 264 g/mol. The highest BCUT2D eigenvalue weighted by Crippen LogP contribution is 2.38. The summed E-state index contributed by atoms with van der Waals surface area (Å²) in [6, 6.07) is 17.8. The summed E-state index contributed by atoms with van der Waals surface area (Å²) in [6.45, 7) is 4.39. The summed E-state index contributed by atoms with van der Waals surface area (Å²) in [7, 11) is 0. The molecule has 2 aliphatic rings. The fourth-order valence-electron chi connectivity index (χ4n) is 3.64. The van der Waals surface area contributed by atoms with Gasteiger partial charge in [-0.25, -0.2) is 0 Å². The van der Waals surface area contributed by atoms with Crippen LogP contribution in [0.2, 0.25) is 0 Å². The third-order valence-electron chi connectivity index (χ3n) is 4.56. The highest BCUT2D eigenvalue weighted by molar-refractivity contribution is 5.63. The first-order valence-corrected chi connectivity index (χ1v) is 7.51. The van der Waals surface area contributed by atoms with Gasteiger partial charge >= 0.3 is 0 Å². The van der Waals surface area contributed by atoms with Crippen molar-refractivity contribution >= 4 is 11.4 Å². The first-order chi connectivity index (χ1) is 9.83. The highest BCUT2D eigenvalue weighted by Gasteiger charge is 2.35. The second kappa shape index (κ2) is 4.55. The van der Waals surface area contributed by atoms with E-state index in [1.807, 2.05) is 0 Å². The van der Waals surface area contributed by atoms with Crippen LogP contribution in [0.3, 0.4) is 0 Å². The number of aryl methyl sites for hydroxylation is 1. The summed E-state index contributed by atoms with van der Waals surface area (Å²) in [5.41, 5.74) is 5.59. The van der Waals surface area contributed by atoms with Gasteiger partial charge in [0.15, 0.2) is 0 Å². The first-order valence-electron chi connectivity index (χ1n) is 7.51. The van der Waals surface area contributed by atoms with E-state index in [0.717, 1.165) is 6.54 Å². The predicted octanol–water partition coefficient (Wildman–Crippen LogP) is 3.94. The van der Waals surface area contributed by atoms with Crippen LogP contribution in [-0.4, -0.2) is 12.7 Å². The van der Waals surface area contributed by atoms with E-state index >= 15 is 0 Å². The van der Waals surface area contributed by atoms with Crippen molar-refractivity contribution in [1.82, 2.24) is 0 Å². The minimum Gasteiger partial charge on any atom is -0.351 e. The molecule has 2 heterocycles. The number of para-hydroxylation sites is 1. The summed E-state index contributed by atoms with van der Waals surface area (Å²) in [5, 5.41) is 0. The van der Waals surface area contributed by atoms with Crippen LogP contribution in [0.15, 0.2) is 48.5 Å². The predicted molar refractivity (Wildman–Crippen MR) is 84.2 cm³/mol. The average molecular weight is 264 g/mol. The number of hydrogen-bond acceptors (Lipinski definition) is 2. The van der Waals surface area contributed by atoms with Crippen molar-refractivity contribution in [2.45, 2.75) is 32.5 Å². The second-order valence-electron chi connectivity index (χ2n) is 5.91. The molecule has 1 atom stereocenters. The van der Waals surface area contributed by atoms with Gasteiger partial charge in [0.2, 0.25) is 0 Å². The van der Waals surface area contributed by atoms with Gasteiger partial charge < -0.3 is 9.80 Å². The van der Waals surface area contributed by atoms with Crippen LogP contribution in [0.25, 0.3) is 0 Å². The van der Waals surface area contributed by atoms with Crippen LogP contribution >= 0.6 is 0 Å². The van der Waals surface area contributed by atoms with Crippen molar-refractivity contribution in [3.63, 3.8) is 0 Å². The maximum absolute atomic E-state index is 2.58. The lowest BCUT2D eigenvalue weighted by atomic mass is 10.1. The standard InChI is InChI=1S/C18H20N2/c1-14-6-4-8-16(12-14)20-13-15-7-2-3-9-17(15)19-11-5-10-18(19)20/h2-4,6-9,12,18H,5,10-11,13H2,1H3. The van der Waals surface area contributed by atoms with Crippen molar-refractivity contribution in [2.24, 2.45) is 0 Å². The maximum Gasteiger partial charge on any atom is 0.102 e. The summed E-state index contributed by atoms with van der Waals surface area (Å²) in [4.78, 5) is 5.16. The van der Waals surface area contributed by atoms with E-state index in [9.17, 15) is 0 Å². The molecule has 0 amide bonds. The number of anilines is 2. The molecule has 0 bridgehead atoms. The van der Waals surface area contributed by atoms with Crippen LogP contribution in [0.5, 0.6) is 0 Å². The third-order valence-corrected chi connectivity index (χ3v) is 4.56. The van der Waals surface area contributed by atoms with E-state index in [4.69, 9.17) is 0 Å². The van der Waals surface area contributed by atoms with Gasteiger partial charge in [-0.2, -0.15) is 0 Å². The molecule has 2 aromatic rings. The van der Waals surface area contributed by atoms with Crippen LogP contribution in [0.1, 0.15) is 24.0 Å². The van der Waals surface area contributed by atoms with Gasteiger partial charge in [0.25, 0.3) is 0 Å². The molecule has 1 fully saturated rings. The van der Waals surface area contributed by atoms with Gasteiger partial charge in [0.05, 0.1) is 0 Å². The topological polar surface area (TPSA) is 6.48 Å². The maximum atomic E-state index is 2.58. The molecule has 2 heteroatoms. The van der Waals surface area contributed by atoms with Crippen molar-refractivity contribution in [2.75, 3.05) is 16.3 Å². The average Bonchev–Trinajstić information content (AvgIpc) is 2.96. The molecule has 2 nitrogen and oxygen atoms in total. The lowest BCUT2D eigenvalue weighted by Crippen LogP contribution is -2.48.